The lowest BCUT2D eigenvalue weighted by Gasteiger charge is -2.26. The first-order chi connectivity index (χ1) is 22.0. The van der Waals surface area contributed by atoms with Gasteiger partial charge < -0.3 is 18.6 Å². The van der Waals surface area contributed by atoms with Crippen molar-refractivity contribution in [2.75, 3.05) is 0 Å². The van der Waals surface area contributed by atoms with Crippen LogP contribution in [0.15, 0.2) is 127 Å². The van der Waals surface area contributed by atoms with Crippen LogP contribution in [-0.4, -0.2) is 14.9 Å². The van der Waals surface area contributed by atoms with Gasteiger partial charge in [-0.1, -0.05) is 54.6 Å². The molecule has 0 saturated carbocycles. The molecule has 45 heavy (non-hydrogen) atoms. The van der Waals surface area contributed by atoms with E-state index in [9.17, 15) is 5.26 Å². The zero-order valence-electron chi connectivity index (χ0n) is 24.8. The molecule has 3 heterocycles. The zero-order valence-corrected chi connectivity index (χ0v) is 24.8. The molecule has 0 N–H and O–H groups in total. The van der Waals surface area contributed by atoms with Gasteiger partial charge in [0, 0.05) is 64.0 Å². The molecule has 0 aliphatic carbocycles. The molecular weight excluding hydrogens is 554 g/mol. The van der Waals surface area contributed by atoms with Gasteiger partial charge in [0.25, 0.3) is 0 Å². The van der Waals surface area contributed by atoms with Crippen LogP contribution in [0, 0.1) is 11.3 Å². The fraction of sp³-hybridized carbons (Fsp3) is 0.0750. The molecule has 8 aromatic rings. The van der Waals surface area contributed by atoms with Gasteiger partial charge in [-0.15, -0.1) is 0 Å². The van der Waals surface area contributed by atoms with E-state index >= 15 is 0 Å². The normalized spacial score (nSPS) is 13.6. The van der Waals surface area contributed by atoms with Crippen LogP contribution in [0.3, 0.4) is 0 Å². The fourth-order valence-corrected chi connectivity index (χ4v) is 6.99. The minimum atomic E-state index is -0.893. The second kappa shape index (κ2) is 9.25. The largest absolute Gasteiger partial charge is 0.452 e. The predicted octanol–water partition coefficient (Wildman–Crippen LogP) is 9.93. The van der Waals surface area contributed by atoms with Gasteiger partial charge in [0.2, 0.25) is 5.79 Å². The Labute approximate surface area is 259 Å². The number of para-hydroxylation sites is 3. The molecule has 9 rings (SSSR count). The monoisotopic (exact) mass is 581 g/mol. The van der Waals surface area contributed by atoms with Crippen molar-refractivity contribution in [2.45, 2.75) is 19.6 Å². The van der Waals surface area contributed by atoms with Crippen molar-refractivity contribution in [3.63, 3.8) is 0 Å². The highest BCUT2D eigenvalue weighted by atomic mass is 16.7. The number of nitriles is 1. The SMILES string of the molecule is CC1(C)Oc2cc(-n3c4ccccc4c4cc(C#N)ccc43)ccc2-c2cc(-n3c4ccccc4c4ccccc43)ccc2O1. The van der Waals surface area contributed by atoms with E-state index in [1.54, 1.807) is 0 Å². The second-order valence-corrected chi connectivity index (χ2v) is 12.0. The number of hydrogen-bond acceptors (Lipinski definition) is 3. The van der Waals surface area contributed by atoms with Gasteiger partial charge in [-0.05, 0) is 66.7 Å². The lowest BCUT2D eigenvalue weighted by Crippen LogP contribution is -2.34. The molecule has 0 atom stereocenters. The summed E-state index contributed by atoms with van der Waals surface area (Å²) in [6.07, 6.45) is 0. The average Bonchev–Trinajstić information content (AvgIpc) is 3.53. The maximum atomic E-state index is 9.58. The van der Waals surface area contributed by atoms with E-state index < -0.39 is 5.79 Å². The number of benzene rings is 6. The van der Waals surface area contributed by atoms with Crippen molar-refractivity contribution in [3.05, 3.63) is 133 Å². The van der Waals surface area contributed by atoms with E-state index in [2.05, 4.69) is 112 Å². The number of fused-ring (bicyclic) bond motifs is 9. The molecule has 2 aromatic heterocycles. The quantitative estimate of drug-likeness (QED) is 0.204. The number of ether oxygens (including phenoxy) is 2. The minimum Gasteiger partial charge on any atom is -0.452 e. The maximum Gasteiger partial charge on any atom is 0.245 e. The van der Waals surface area contributed by atoms with Crippen LogP contribution in [0.1, 0.15) is 19.4 Å². The van der Waals surface area contributed by atoms with E-state index in [1.807, 2.05) is 44.2 Å². The summed E-state index contributed by atoms with van der Waals surface area (Å²) in [5, 5.41) is 14.2. The first-order valence-corrected chi connectivity index (χ1v) is 15.1. The Morgan fingerprint density at radius 3 is 1.69 bits per heavy atom. The number of nitrogens with zero attached hydrogens (tertiary/aromatic N) is 3. The van der Waals surface area contributed by atoms with Gasteiger partial charge >= 0.3 is 0 Å². The van der Waals surface area contributed by atoms with Gasteiger partial charge in [0.1, 0.15) is 11.5 Å². The summed E-state index contributed by atoms with van der Waals surface area (Å²) in [6, 6.07) is 46.3. The van der Waals surface area contributed by atoms with Crippen LogP contribution >= 0.6 is 0 Å². The Balaban J connectivity index is 1.27. The van der Waals surface area contributed by atoms with Gasteiger partial charge in [-0.2, -0.15) is 5.26 Å². The van der Waals surface area contributed by atoms with Gasteiger partial charge in [0.05, 0.1) is 33.7 Å². The molecule has 0 amide bonds. The Bertz CT molecular complexity index is 2490. The lowest BCUT2D eigenvalue weighted by molar-refractivity contribution is -0.0778. The third-order valence-electron chi connectivity index (χ3n) is 8.83. The van der Waals surface area contributed by atoms with E-state index in [0.717, 1.165) is 66.8 Å². The van der Waals surface area contributed by atoms with Crippen LogP contribution in [0.25, 0.3) is 66.1 Å². The van der Waals surface area contributed by atoms with E-state index in [-0.39, 0.29) is 0 Å². The maximum absolute atomic E-state index is 9.58. The summed E-state index contributed by atoms with van der Waals surface area (Å²) in [7, 11) is 0. The number of hydrogen-bond donors (Lipinski definition) is 0. The summed E-state index contributed by atoms with van der Waals surface area (Å²) >= 11 is 0. The van der Waals surface area contributed by atoms with Crippen LogP contribution in [-0.2, 0) is 0 Å². The third-order valence-corrected chi connectivity index (χ3v) is 8.83. The summed E-state index contributed by atoms with van der Waals surface area (Å²) < 4.78 is 17.7. The highest BCUT2D eigenvalue weighted by Gasteiger charge is 2.30. The van der Waals surface area contributed by atoms with Crippen molar-refractivity contribution in [3.8, 4) is 40.1 Å². The van der Waals surface area contributed by atoms with Gasteiger partial charge in [0.15, 0.2) is 0 Å². The molecule has 0 radical (unpaired) electrons. The molecule has 0 unspecified atom stereocenters. The van der Waals surface area contributed by atoms with Crippen molar-refractivity contribution in [1.82, 2.24) is 9.13 Å². The van der Waals surface area contributed by atoms with Crippen molar-refractivity contribution < 1.29 is 9.47 Å². The van der Waals surface area contributed by atoms with Gasteiger partial charge in [-0.25, -0.2) is 0 Å². The molecule has 0 spiro atoms. The molecule has 1 aliphatic rings. The smallest absolute Gasteiger partial charge is 0.245 e. The lowest BCUT2D eigenvalue weighted by atomic mass is 10.0. The van der Waals surface area contributed by atoms with Crippen LogP contribution in [0.5, 0.6) is 11.5 Å². The van der Waals surface area contributed by atoms with Gasteiger partial charge in [-0.3, -0.25) is 0 Å². The second-order valence-electron chi connectivity index (χ2n) is 12.0. The first-order valence-electron chi connectivity index (χ1n) is 15.1. The van der Waals surface area contributed by atoms with E-state index in [0.29, 0.717) is 5.56 Å². The molecule has 5 heteroatoms. The summed E-state index contributed by atoms with van der Waals surface area (Å²) in [4.78, 5) is 0. The average molecular weight is 582 g/mol. The Hall–Kier alpha value is -5.99. The van der Waals surface area contributed by atoms with Crippen molar-refractivity contribution in [1.29, 1.82) is 5.26 Å². The topological polar surface area (TPSA) is 52.1 Å². The molecule has 6 aromatic carbocycles. The highest BCUT2D eigenvalue weighted by molar-refractivity contribution is 6.10. The molecule has 0 saturated heterocycles. The minimum absolute atomic E-state index is 0.644. The molecule has 0 fully saturated rings. The number of aromatic nitrogens is 2. The fourth-order valence-electron chi connectivity index (χ4n) is 6.99. The standard InChI is InChI=1S/C40H27N3O2/c1-40(2)44-38-20-17-26(42-34-12-6-3-9-28(34)29-10-4-7-13-35(29)42)22-33(38)31-18-16-27(23-39(31)45-40)43-36-14-8-5-11-30(36)32-21-25(24-41)15-19-37(32)43/h3-23H,1-2H3. The molecular formula is C40H27N3O2. The summed E-state index contributed by atoms with van der Waals surface area (Å²) in [6.45, 7) is 3.90. The summed E-state index contributed by atoms with van der Waals surface area (Å²) in [5.74, 6) is 0.627. The highest BCUT2D eigenvalue weighted by Crippen LogP contribution is 2.46. The Kier molecular flexibility index (Phi) is 5.24. The zero-order chi connectivity index (χ0) is 30.3. The van der Waals surface area contributed by atoms with Crippen LogP contribution in [0.4, 0.5) is 0 Å². The van der Waals surface area contributed by atoms with Crippen molar-refractivity contribution >= 4 is 43.6 Å². The summed E-state index contributed by atoms with van der Waals surface area (Å²) in [5.41, 5.74) is 9.04. The van der Waals surface area contributed by atoms with Crippen LogP contribution < -0.4 is 9.47 Å². The molecule has 0 bridgehead atoms. The number of rotatable bonds is 2. The van der Waals surface area contributed by atoms with Crippen LogP contribution in [0.2, 0.25) is 0 Å². The van der Waals surface area contributed by atoms with E-state index in [4.69, 9.17) is 9.47 Å². The molecule has 214 valence electrons. The molecule has 1 aliphatic heterocycles. The Morgan fingerprint density at radius 2 is 1.04 bits per heavy atom. The van der Waals surface area contributed by atoms with E-state index in [1.165, 1.54) is 10.8 Å². The third kappa shape index (κ3) is 3.79. The van der Waals surface area contributed by atoms with Crippen molar-refractivity contribution in [2.24, 2.45) is 0 Å². The Morgan fingerprint density at radius 1 is 0.511 bits per heavy atom. The predicted molar refractivity (Wildman–Crippen MR) is 181 cm³/mol. The first kappa shape index (κ1) is 25.5. The molecule has 5 nitrogen and oxygen atoms in total.